The molecule has 0 unspecified atom stereocenters. The van der Waals surface area contributed by atoms with Crippen molar-refractivity contribution in [3.05, 3.63) is 35.7 Å². The normalized spacial score (nSPS) is 15.4. The number of aryl methyl sites for hydroxylation is 1. The van der Waals surface area contributed by atoms with Crippen LogP contribution in [0.3, 0.4) is 0 Å². The highest BCUT2D eigenvalue weighted by Crippen LogP contribution is 2.24. The molecule has 3 rings (SSSR count). The number of benzene rings is 1. The summed E-state index contributed by atoms with van der Waals surface area (Å²) in [5.74, 6) is 1.38. The van der Waals surface area contributed by atoms with Crippen LogP contribution in [0.5, 0.6) is 5.75 Å². The third-order valence-electron chi connectivity index (χ3n) is 6.06. The number of piperidine rings is 1. The highest BCUT2D eigenvalue weighted by molar-refractivity contribution is 5.82. The summed E-state index contributed by atoms with van der Waals surface area (Å²) in [6.07, 6.45) is 5.07. The SMILES string of the molecule is CCCCCNC(=O)C1CCN(C(=O)[C@H](Cc2cccc(OC)c2)n2nnnc2C)CC1. The number of unbranched alkanes of at least 4 members (excludes halogenated alkanes) is 2. The number of nitrogens with zero attached hydrogens (tertiary/aromatic N) is 5. The van der Waals surface area contributed by atoms with E-state index in [1.807, 2.05) is 29.2 Å². The van der Waals surface area contributed by atoms with E-state index in [2.05, 4.69) is 27.8 Å². The van der Waals surface area contributed by atoms with Crippen molar-refractivity contribution in [2.75, 3.05) is 26.7 Å². The molecule has 1 fully saturated rings. The zero-order valence-electron chi connectivity index (χ0n) is 19.3. The van der Waals surface area contributed by atoms with E-state index in [4.69, 9.17) is 4.74 Å². The number of tetrazole rings is 1. The van der Waals surface area contributed by atoms with Gasteiger partial charge in [-0.1, -0.05) is 31.9 Å². The lowest BCUT2D eigenvalue weighted by Crippen LogP contribution is -2.46. The molecule has 0 aliphatic carbocycles. The van der Waals surface area contributed by atoms with Gasteiger partial charge in [0.15, 0.2) is 0 Å². The van der Waals surface area contributed by atoms with Crippen LogP contribution in [0.15, 0.2) is 24.3 Å². The largest absolute Gasteiger partial charge is 0.497 e. The highest BCUT2D eigenvalue weighted by Gasteiger charge is 2.33. The van der Waals surface area contributed by atoms with E-state index < -0.39 is 6.04 Å². The standard InChI is InChI=1S/C23H34N6O3/c1-4-5-6-12-24-22(30)19-10-13-28(14-11-19)23(31)21(29-17(2)25-26-27-29)16-18-8-7-9-20(15-18)32-3/h7-9,15,19,21H,4-6,10-14,16H2,1-3H3,(H,24,30)/t21-/m0/s1. The van der Waals surface area contributed by atoms with Crippen LogP contribution >= 0.6 is 0 Å². The fourth-order valence-electron chi connectivity index (χ4n) is 4.13. The molecule has 1 saturated heterocycles. The molecule has 32 heavy (non-hydrogen) atoms. The summed E-state index contributed by atoms with van der Waals surface area (Å²) < 4.78 is 6.91. The Bertz CT molecular complexity index is 891. The van der Waals surface area contributed by atoms with Crippen molar-refractivity contribution in [3.63, 3.8) is 0 Å². The van der Waals surface area contributed by atoms with Crippen molar-refractivity contribution in [1.82, 2.24) is 30.4 Å². The van der Waals surface area contributed by atoms with E-state index >= 15 is 0 Å². The Morgan fingerprint density at radius 3 is 2.69 bits per heavy atom. The van der Waals surface area contributed by atoms with Crippen molar-refractivity contribution >= 4 is 11.8 Å². The molecule has 1 aliphatic rings. The maximum absolute atomic E-state index is 13.5. The third kappa shape index (κ3) is 6.05. The lowest BCUT2D eigenvalue weighted by Gasteiger charge is -2.33. The minimum Gasteiger partial charge on any atom is -0.497 e. The Hall–Kier alpha value is -2.97. The molecule has 0 radical (unpaired) electrons. The minimum absolute atomic E-state index is 0.0231. The van der Waals surface area contributed by atoms with Crippen molar-refractivity contribution in [3.8, 4) is 5.75 Å². The van der Waals surface area contributed by atoms with E-state index in [-0.39, 0.29) is 17.7 Å². The number of carbonyl (C=O) groups excluding carboxylic acids is 2. The Labute approximate surface area is 189 Å². The summed E-state index contributed by atoms with van der Waals surface area (Å²) in [4.78, 5) is 27.8. The van der Waals surface area contributed by atoms with Crippen molar-refractivity contribution < 1.29 is 14.3 Å². The average molecular weight is 443 g/mol. The van der Waals surface area contributed by atoms with Crippen LogP contribution in [-0.2, 0) is 16.0 Å². The van der Waals surface area contributed by atoms with Crippen molar-refractivity contribution in [2.45, 2.75) is 58.4 Å². The zero-order valence-corrected chi connectivity index (χ0v) is 19.3. The number of aromatic nitrogens is 4. The van der Waals surface area contributed by atoms with Gasteiger partial charge in [-0.2, -0.15) is 0 Å². The number of methoxy groups -OCH3 is 1. The number of ether oxygens (including phenoxy) is 1. The summed E-state index contributed by atoms with van der Waals surface area (Å²) in [6.45, 7) is 5.78. The molecule has 9 heteroatoms. The molecule has 174 valence electrons. The first-order valence-corrected chi connectivity index (χ1v) is 11.5. The second-order valence-corrected chi connectivity index (χ2v) is 8.34. The molecule has 1 N–H and O–H groups in total. The van der Waals surface area contributed by atoms with E-state index in [0.29, 0.717) is 38.2 Å². The number of amides is 2. The van der Waals surface area contributed by atoms with Gasteiger partial charge in [0.05, 0.1) is 7.11 Å². The number of likely N-dealkylation sites (tertiary alicyclic amines) is 1. The number of carbonyl (C=O) groups is 2. The predicted molar refractivity (Wildman–Crippen MR) is 120 cm³/mol. The zero-order chi connectivity index (χ0) is 22.9. The topological polar surface area (TPSA) is 102 Å². The Balaban J connectivity index is 1.64. The summed E-state index contributed by atoms with van der Waals surface area (Å²) >= 11 is 0. The monoisotopic (exact) mass is 442 g/mol. The van der Waals surface area contributed by atoms with Gasteiger partial charge in [0.1, 0.15) is 17.6 Å². The van der Waals surface area contributed by atoms with Crippen molar-refractivity contribution in [2.24, 2.45) is 5.92 Å². The number of hydrogen-bond donors (Lipinski definition) is 1. The summed E-state index contributed by atoms with van der Waals surface area (Å²) in [5.41, 5.74) is 0.971. The maximum Gasteiger partial charge on any atom is 0.247 e. The molecule has 1 atom stereocenters. The van der Waals surface area contributed by atoms with E-state index in [1.165, 1.54) is 0 Å². The van der Waals surface area contributed by atoms with Gasteiger partial charge in [-0.05, 0) is 54.3 Å². The lowest BCUT2D eigenvalue weighted by molar-refractivity contribution is -0.138. The minimum atomic E-state index is -0.545. The molecule has 2 heterocycles. The Morgan fingerprint density at radius 1 is 1.25 bits per heavy atom. The van der Waals surface area contributed by atoms with Gasteiger partial charge in [-0.3, -0.25) is 9.59 Å². The smallest absolute Gasteiger partial charge is 0.247 e. The Kier molecular flexibility index (Phi) is 8.58. The number of hydrogen-bond acceptors (Lipinski definition) is 6. The van der Waals surface area contributed by atoms with Gasteiger partial charge in [0.2, 0.25) is 11.8 Å². The van der Waals surface area contributed by atoms with Crippen LogP contribution in [0.25, 0.3) is 0 Å². The molecular weight excluding hydrogens is 408 g/mol. The molecule has 2 aromatic rings. The molecule has 9 nitrogen and oxygen atoms in total. The van der Waals surface area contributed by atoms with Crippen LogP contribution < -0.4 is 10.1 Å². The fourth-order valence-corrected chi connectivity index (χ4v) is 4.13. The molecule has 1 aliphatic heterocycles. The average Bonchev–Trinajstić information content (AvgIpc) is 3.25. The first-order chi connectivity index (χ1) is 15.5. The molecule has 2 amide bonds. The van der Waals surface area contributed by atoms with Crippen LogP contribution in [0, 0.1) is 12.8 Å². The first-order valence-electron chi connectivity index (χ1n) is 11.5. The molecule has 0 saturated carbocycles. The summed E-state index contributed by atoms with van der Waals surface area (Å²) in [6, 6.07) is 7.14. The second kappa shape index (κ2) is 11.6. The van der Waals surface area contributed by atoms with Gasteiger partial charge in [0.25, 0.3) is 0 Å². The van der Waals surface area contributed by atoms with Gasteiger partial charge in [-0.15, -0.1) is 5.10 Å². The van der Waals surface area contributed by atoms with Crippen molar-refractivity contribution in [1.29, 1.82) is 0 Å². The van der Waals surface area contributed by atoms with Gasteiger partial charge < -0.3 is 15.0 Å². The first kappa shape index (κ1) is 23.7. The Morgan fingerprint density at radius 2 is 2.03 bits per heavy atom. The van der Waals surface area contributed by atoms with E-state index in [0.717, 1.165) is 37.1 Å². The van der Waals surface area contributed by atoms with Gasteiger partial charge >= 0.3 is 0 Å². The molecule has 1 aromatic carbocycles. The van der Waals surface area contributed by atoms with Gasteiger partial charge in [0, 0.05) is 32.0 Å². The van der Waals surface area contributed by atoms with Crippen LogP contribution in [0.1, 0.15) is 56.5 Å². The van der Waals surface area contributed by atoms with E-state index in [9.17, 15) is 9.59 Å². The predicted octanol–water partition coefficient (Wildman–Crippen LogP) is 2.32. The number of nitrogens with one attached hydrogen (secondary N) is 1. The second-order valence-electron chi connectivity index (χ2n) is 8.34. The van der Waals surface area contributed by atoms with Crippen LogP contribution in [0.2, 0.25) is 0 Å². The maximum atomic E-state index is 13.5. The lowest BCUT2D eigenvalue weighted by atomic mass is 9.94. The third-order valence-corrected chi connectivity index (χ3v) is 6.06. The molecule has 0 spiro atoms. The summed E-state index contributed by atoms with van der Waals surface area (Å²) in [7, 11) is 1.62. The van der Waals surface area contributed by atoms with Crippen LogP contribution in [-0.4, -0.2) is 63.7 Å². The number of rotatable bonds is 10. The van der Waals surface area contributed by atoms with Gasteiger partial charge in [-0.25, -0.2) is 4.68 Å². The van der Waals surface area contributed by atoms with E-state index in [1.54, 1.807) is 18.7 Å². The van der Waals surface area contributed by atoms with Crippen LogP contribution in [0.4, 0.5) is 0 Å². The highest BCUT2D eigenvalue weighted by atomic mass is 16.5. The fraction of sp³-hybridized carbons (Fsp3) is 0.609. The quantitative estimate of drug-likeness (QED) is 0.567. The summed E-state index contributed by atoms with van der Waals surface area (Å²) in [5, 5.41) is 14.8. The molecule has 1 aromatic heterocycles. The molecular formula is C23H34N6O3. The molecule has 0 bridgehead atoms.